The topological polar surface area (TPSA) is 80.3 Å². The number of anilines is 1. The molecular weight excluding hydrogens is 386 g/mol. The molecule has 0 bridgehead atoms. The van der Waals surface area contributed by atoms with Crippen LogP contribution in [0.4, 0.5) is 5.69 Å². The molecule has 0 radical (unpaired) electrons. The van der Waals surface area contributed by atoms with Crippen LogP contribution in [0.15, 0.2) is 53.9 Å². The standard InChI is InChI=1S/C22H23N3O3S/c1-14(18-5-4-6-19(11-18)24-15(2)26)23-22(27)17-7-9-21(10-8-17)28-12-20-13-29-16(3)25-20/h4-11,13-14H,12H2,1-3H3,(H,23,27)(H,24,26). The Balaban J connectivity index is 1.58. The summed E-state index contributed by atoms with van der Waals surface area (Å²) >= 11 is 1.59. The molecule has 1 heterocycles. The van der Waals surface area contributed by atoms with Gasteiger partial charge in [0.15, 0.2) is 0 Å². The van der Waals surface area contributed by atoms with Crippen molar-refractivity contribution in [1.29, 1.82) is 0 Å². The second kappa shape index (κ2) is 9.34. The summed E-state index contributed by atoms with van der Waals surface area (Å²) in [6.45, 7) is 5.72. The zero-order chi connectivity index (χ0) is 20.8. The van der Waals surface area contributed by atoms with E-state index >= 15 is 0 Å². The van der Waals surface area contributed by atoms with Gasteiger partial charge in [-0.3, -0.25) is 9.59 Å². The molecule has 0 saturated heterocycles. The van der Waals surface area contributed by atoms with Gasteiger partial charge in [-0.25, -0.2) is 4.98 Å². The maximum Gasteiger partial charge on any atom is 0.251 e. The molecule has 3 rings (SSSR count). The van der Waals surface area contributed by atoms with Gasteiger partial charge in [-0.1, -0.05) is 12.1 Å². The molecule has 1 atom stereocenters. The molecule has 1 aromatic heterocycles. The van der Waals surface area contributed by atoms with Crippen molar-refractivity contribution in [2.45, 2.75) is 33.4 Å². The van der Waals surface area contributed by atoms with Gasteiger partial charge in [-0.05, 0) is 55.8 Å². The highest BCUT2D eigenvalue weighted by atomic mass is 32.1. The molecule has 2 N–H and O–H groups in total. The van der Waals surface area contributed by atoms with Crippen LogP contribution in [0.5, 0.6) is 5.75 Å². The highest BCUT2D eigenvalue weighted by molar-refractivity contribution is 7.09. The SMILES string of the molecule is CC(=O)Nc1cccc(C(C)NC(=O)c2ccc(OCc3csc(C)n3)cc2)c1. The number of carbonyl (C=O) groups is 2. The van der Waals surface area contributed by atoms with Gasteiger partial charge < -0.3 is 15.4 Å². The number of hydrogen-bond donors (Lipinski definition) is 2. The molecule has 0 spiro atoms. The Hall–Kier alpha value is -3.19. The Bertz CT molecular complexity index is 999. The van der Waals surface area contributed by atoms with Crippen LogP contribution in [0.25, 0.3) is 0 Å². The number of aromatic nitrogens is 1. The van der Waals surface area contributed by atoms with Crippen LogP contribution in [0.3, 0.4) is 0 Å². The number of benzene rings is 2. The first-order valence-corrected chi connectivity index (χ1v) is 10.1. The fourth-order valence-corrected chi connectivity index (χ4v) is 3.38. The number of hydrogen-bond acceptors (Lipinski definition) is 5. The third-order valence-electron chi connectivity index (χ3n) is 4.22. The van der Waals surface area contributed by atoms with Gasteiger partial charge in [0.05, 0.1) is 16.7 Å². The minimum Gasteiger partial charge on any atom is -0.487 e. The molecule has 2 aromatic carbocycles. The Kier molecular flexibility index (Phi) is 6.61. The molecule has 0 aliphatic heterocycles. The summed E-state index contributed by atoms with van der Waals surface area (Å²) in [6.07, 6.45) is 0. The summed E-state index contributed by atoms with van der Waals surface area (Å²) < 4.78 is 5.71. The van der Waals surface area contributed by atoms with Gasteiger partial charge in [0, 0.05) is 23.6 Å². The predicted octanol–water partition coefficient (Wildman–Crippen LogP) is 4.48. The van der Waals surface area contributed by atoms with Crippen molar-refractivity contribution >= 4 is 28.8 Å². The maximum absolute atomic E-state index is 12.6. The molecule has 29 heavy (non-hydrogen) atoms. The van der Waals surface area contributed by atoms with Crippen LogP contribution in [-0.4, -0.2) is 16.8 Å². The van der Waals surface area contributed by atoms with Crippen molar-refractivity contribution in [3.8, 4) is 5.75 Å². The lowest BCUT2D eigenvalue weighted by atomic mass is 10.1. The van der Waals surface area contributed by atoms with Crippen LogP contribution < -0.4 is 15.4 Å². The molecule has 1 unspecified atom stereocenters. The normalized spacial score (nSPS) is 11.6. The van der Waals surface area contributed by atoms with E-state index in [1.807, 2.05) is 43.5 Å². The zero-order valence-electron chi connectivity index (χ0n) is 16.6. The third-order valence-corrected chi connectivity index (χ3v) is 5.05. The molecule has 3 aromatic rings. The molecule has 7 heteroatoms. The molecule has 6 nitrogen and oxygen atoms in total. The molecule has 0 aliphatic rings. The number of nitrogens with zero attached hydrogens (tertiary/aromatic N) is 1. The van der Waals surface area contributed by atoms with Crippen LogP contribution >= 0.6 is 11.3 Å². The van der Waals surface area contributed by atoms with Gasteiger partial charge in [-0.2, -0.15) is 0 Å². The number of rotatable bonds is 7. The van der Waals surface area contributed by atoms with Crippen molar-refractivity contribution in [3.05, 3.63) is 75.7 Å². The minimum absolute atomic E-state index is 0.133. The average molecular weight is 410 g/mol. The van der Waals surface area contributed by atoms with Crippen molar-refractivity contribution in [1.82, 2.24) is 10.3 Å². The van der Waals surface area contributed by atoms with Gasteiger partial charge in [0.1, 0.15) is 12.4 Å². The Morgan fingerprint density at radius 1 is 1.17 bits per heavy atom. The van der Waals surface area contributed by atoms with Crippen molar-refractivity contribution in [2.75, 3.05) is 5.32 Å². The van der Waals surface area contributed by atoms with Crippen molar-refractivity contribution in [3.63, 3.8) is 0 Å². The van der Waals surface area contributed by atoms with E-state index in [1.165, 1.54) is 6.92 Å². The minimum atomic E-state index is -0.208. The van der Waals surface area contributed by atoms with E-state index < -0.39 is 0 Å². The summed E-state index contributed by atoms with van der Waals surface area (Å²) in [5, 5.41) is 8.70. The van der Waals surface area contributed by atoms with Crippen LogP contribution in [0.2, 0.25) is 0 Å². The maximum atomic E-state index is 12.6. The molecule has 2 amide bonds. The van der Waals surface area contributed by atoms with Crippen LogP contribution in [0.1, 0.15) is 46.5 Å². The lowest BCUT2D eigenvalue weighted by molar-refractivity contribution is -0.114. The van der Waals surface area contributed by atoms with E-state index in [0.717, 1.165) is 16.3 Å². The summed E-state index contributed by atoms with van der Waals surface area (Å²) in [6, 6.07) is 14.2. The number of carbonyl (C=O) groups excluding carboxylic acids is 2. The van der Waals surface area contributed by atoms with Gasteiger partial charge >= 0.3 is 0 Å². The number of ether oxygens (including phenoxy) is 1. The molecule has 0 saturated carbocycles. The highest BCUT2D eigenvalue weighted by Crippen LogP contribution is 2.19. The summed E-state index contributed by atoms with van der Waals surface area (Å²) in [5.41, 5.74) is 3.05. The fraction of sp³-hybridized carbons (Fsp3) is 0.227. The van der Waals surface area contributed by atoms with Crippen molar-refractivity contribution < 1.29 is 14.3 Å². The van der Waals surface area contributed by atoms with Crippen molar-refractivity contribution in [2.24, 2.45) is 0 Å². The van der Waals surface area contributed by atoms with Crippen LogP contribution in [0, 0.1) is 6.92 Å². The number of nitrogens with one attached hydrogen (secondary N) is 2. The summed E-state index contributed by atoms with van der Waals surface area (Å²) in [4.78, 5) is 28.1. The van der Waals surface area contributed by atoms with E-state index in [9.17, 15) is 9.59 Å². The fourth-order valence-electron chi connectivity index (χ4n) is 2.79. The highest BCUT2D eigenvalue weighted by Gasteiger charge is 2.12. The monoisotopic (exact) mass is 409 g/mol. The smallest absolute Gasteiger partial charge is 0.251 e. The number of thiazole rings is 1. The molecular formula is C22H23N3O3S. The molecule has 0 fully saturated rings. The van der Waals surface area contributed by atoms with Gasteiger partial charge in [0.25, 0.3) is 5.91 Å². The largest absolute Gasteiger partial charge is 0.487 e. The number of amides is 2. The van der Waals surface area contributed by atoms with E-state index in [-0.39, 0.29) is 17.9 Å². The zero-order valence-corrected chi connectivity index (χ0v) is 17.4. The first-order valence-electron chi connectivity index (χ1n) is 9.23. The van der Waals surface area contributed by atoms with E-state index in [2.05, 4.69) is 15.6 Å². The molecule has 0 aliphatic carbocycles. The van der Waals surface area contributed by atoms with E-state index in [1.54, 1.807) is 35.6 Å². The lowest BCUT2D eigenvalue weighted by Crippen LogP contribution is -2.26. The van der Waals surface area contributed by atoms with Gasteiger partial charge in [-0.15, -0.1) is 11.3 Å². The predicted molar refractivity (Wildman–Crippen MR) is 114 cm³/mol. The third kappa shape index (κ3) is 5.89. The molecule has 150 valence electrons. The Morgan fingerprint density at radius 3 is 2.59 bits per heavy atom. The lowest BCUT2D eigenvalue weighted by Gasteiger charge is -2.16. The second-order valence-electron chi connectivity index (χ2n) is 6.67. The average Bonchev–Trinajstić information content (AvgIpc) is 3.11. The summed E-state index contributed by atoms with van der Waals surface area (Å²) in [5.74, 6) is 0.374. The summed E-state index contributed by atoms with van der Waals surface area (Å²) in [7, 11) is 0. The Labute approximate surface area is 173 Å². The first kappa shape index (κ1) is 20.5. The van der Waals surface area contributed by atoms with E-state index in [0.29, 0.717) is 23.6 Å². The second-order valence-corrected chi connectivity index (χ2v) is 7.73. The first-order chi connectivity index (χ1) is 13.9. The number of aryl methyl sites for hydroxylation is 1. The van der Waals surface area contributed by atoms with Gasteiger partial charge in [0.2, 0.25) is 5.91 Å². The van der Waals surface area contributed by atoms with Crippen LogP contribution in [-0.2, 0) is 11.4 Å². The Morgan fingerprint density at radius 2 is 1.93 bits per heavy atom. The quantitative estimate of drug-likeness (QED) is 0.603. The van der Waals surface area contributed by atoms with E-state index in [4.69, 9.17) is 4.74 Å².